The van der Waals surface area contributed by atoms with Crippen molar-refractivity contribution in [3.8, 4) is 6.07 Å². The molecule has 0 N–H and O–H groups in total. The molecule has 1 saturated heterocycles. The molecule has 0 radical (unpaired) electrons. The standard InChI is InChI=1S/C17H25N5O2/c1-17(2,3)24-16(23)21(4)12-13-5-9-22(10-6-13)15-14(11-18)19-7-8-20-15/h7-8,13H,5-6,9-10,12H2,1-4H3. The molecule has 7 heteroatoms. The molecule has 1 fully saturated rings. The van der Waals surface area contributed by atoms with Crippen LogP contribution in [0.2, 0.25) is 0 Å². The minimum atomic E-state index is -0.478. The third kappa shape index (κ3) is 4.82. The molecule has 0 aliphatic carbocycles. The average Bonchev–Trinajstić information content (AvgIpc) is 2.54. The molecule has 2 heterocycles. The van der Waals surface area contributed by atoms with Gasteiger partial charge in [-0.1, -0.05) is 0 Å². The summed E-state index contributed by atoms with van der Waals surface area (Å²) in [5, 5.41) is 9.14. The maximum atomic E-state index is 12.0. The summed E-state index contributed by atoms with van der Waals surface area (Å²) >= 11 is 0. The zero-order valence-electron chi connectivity index (χ0n) is 14.8. The first kappa shape index (κ1) is 18.0. The van der Waals surface area contributed by atoms with Crippen LogP contribution in [0.4, 0.5) is 10.6 Å². The predicted molar refractivity (Wildman–Crippen MR) is 90.5 cm³/mol. The lowest BCUT2D eigenvalue weighted by Gasteiger charge is -2.35. The van der Waals surface area contributed by atoms with Crippen LogP contribution in [0.1, 0.15) is 39.3 Å². The van der Waals surface area contributed by atoms with E-state index in [0.717, 1.165) is 25.9 Å². The molecule has 130 valence electrons. The summed E-state index contributed by atoms with van der Waals surface area (Å²) in [6, 6.07) is 2.09. The van der Waals surface area contributed by atoms with Crippen LogP contribution in [0.3, 0.4) is 0 Å². The van der Waals surface area contributed by atoms with Crippen molar-refractivity contribution < 1.29 is 9.53 Å². The van der Waals surface area contributed by atoms with Crippen LogP contribution >= 0.6 is 0 Å². The highest BCUT2D eigenvalue weighted by atomic mass is 16.6. The van der Waals surface area contributed by atoms with E-state index >= 15 is 0 Å². The van der Waals surface area contributed by atoms with Gasteiger partial charge in [0.05, 0.1) is 0 Å². The molecule has 24 heavy (non-hydrogen) atoms. The Hall–Kier alpha value is -2.36. The number of nitriles is 1. The van der Waals surface area contributed by atoms with Crippen LogP contribution in [0.15, 0.2) is 12.4 Å². The van der Waals surface area contributed by atoms with Gasteiger partial charge in [0.2, 0.25) is 0 Å². The third-order valence-electron chi connectivity index (χ3n) is 3.94. The van der Waals surface area contributed by atoms with Gasteiger partial charge in [-0.2, -0.15) is 5.26 Å². The minimum absolute atomic E-state index is 0.286. The first-order chi connectivity index (χ1) is 11.3. The van der Waals surface area contributed by atoms with E-state index in [2.05, 4.69) is 20.9 Å². The quantitative estimate of drug-likeness (QED) is 0.846. The molecule has 1 aliphatic heterocycles. The Kier molecular flexibility index (Phi) is 5.60. The van der Waals surface area contributed by atoms with Gasteiger partial charge in [0, 0.05) is 39.1 Å². The lowest BCUT2D eigenvalue weighted by Crippen LogP contribution is -2.41. The molecule has 0 unspecified atom stereocenters. The smallest absolute Gasteiger partial charge is 0.410 e. The highest BCUT2D eigenvalue weighted by Gasteiger charge is 2.26. The first-order valence-electron chi connectivity index (χ1n) is 8.20. The molecule has 1 aromatic rings. The van der Waals surface area contributed by atoms with Crippen molar-refractivity contribution in [1.29, 1.82) is 5.26 Å². The molecule has 0 bridgehead atoms. The van der Waals surface area contributed by atoms with Crippen molar-refractivity contribution >= 4 is 11.9 Å². The summed E-state index contributed by atoms with van der Waals surface area (Å²) < 4.78 is 5.38. The van der Waals surface area contributed by atoms with Crippen molar-refractivity contribution in [3.05, 3.63) is 18.1 Å². The number of amides is 1. The first-order valence-corrected chi connectivity index (χ1v) is 8.20. The van der Waals surface area contributed by atoms with Crippen LogP contribution in [0, 0.1) is 17.2 Å². The van der Waals surface area contributed by atoms with E-state index in [1.807, 2.05) is 20.8 Å². The van der Waals surface area contributed by atoms with E-state index in [9.17, 15) is 4.79 Å². The van der Waals surface area contributed by atoms with Crippen molar-refractivity contribution in [1.82, 2.24) is 14.9 Å². The average molecular weight is 331 g/mol. The number of aromatic nitrogens is 2. The van der Waals surface area contributed by atoms with Gasteiger partial charge in [0.1, 0.15) is 11.7 Å². The van der Waals surface area contributed by atoms with E-state index in [-0.39, 0.29) is 6.09 Å². The molecule has 7 nitrogen and oxygen atoms in total. The zero-order valence-corrected chi connectivity index (χ0v) is 14.8. The van der Waals surface area contributed by atoms with Gasteiger partial charge in [0.15, 0.2) is 11.5 Å². The largest absolute Gasteiger partial charge is 0.444 e. The van der Waals surface area contributed by atoms with Gasteiger partial charge in [-0.3, -0.25) is 0 Å². The Labute approximate surface area is 143 Å². The molecule has 1 aromatic heterocycles. The fourth-order valence-corrected chi connectivity index (χ4v) is 2.77. The molecule has 0 atom stereocenters. The van der Waals surface area contributed by atoms with Crippen molar-refractivity contribution in [2.75, 3.05) is 31.6 Å². The second-order valence-electron chi connectivity index (χ2n) is 7.13. The topological polar surface area (TPSA) is 82.4 Å². The Morgan fingerprint density at radius 3 is 2.58 bits per heavy atom. The summed E-state index contributed by atoms with van der Waals surface area (Å²) in [5.41, 5.74) is -0.115. The van der Waals surface area contributed by atoms with Gasteiger partial charge < -0.3 is 14.5 Å². The molecule has 1 amide bonds. The van der Waals surface area contributed by atoms with Crippen LogP contribution < -0.4 is 4.90 Å². The normalized spacial score (nSPS) is 15.7. The molecule has 0 spiro atoms. The van der Waals surface area contributed by atoms with E-state index in [1.54, 1.807) is 18.1 Å². The molecule has 2 rings (SSSR count). The summed E-state index contributed by atoms with van der Waals surface area (Å²) in [4.78, 5) is 24.1. The summed E-state index contributed by atoms with van der Waals surface area (Å²) in [7, 11) is 1.77. The SMILES string of the molecule is CN(CC1CCN(c2nccnc2C#N)CC1)C(=O)OC(C)(C)C. The number of nitrogens with zero attached hydrogens (tertiary/aromatic N) is 5. The molecule has 1 aliphatic rings. The number of anilines is 1. The number of ether oxygens (including phenoxy) is 1. The Morgan fingerprint density at radius 1 is 1.38 bits per heavy atom. The molecule has 0 saturated carbocycles. The molecular weight excluding hydrogens is 306 g/mol. The highest BCUT2D eigenvalue weighted by Crippen LogP contribution is 2.24. The van der Waals surface area contributed by atoms with Crippen molar-refractivity contribution in [3.63, 3.8) is 0 Å². The highest BCUT2D eigenvalue weighted by molar-refractivity contribution is 5.67. The Balaban J connectivity index is 1.87. The van der Waals surface area contributed by atoms with Gasteiger partial charge in [-0.25, -0.2) is 14.8 Å². The summed E-state index contributed by atoms with van der Waals surface area (Å²) in [5.74, 6) is 1.07. The number of hydrogen-bond acceptors (Lipinski definition) is 6. The lowest BCUT2D eigenvalue weighted by molar-refractivity contribution is 0.0266. The van der Waals surface area contributed by atoms with Crippen molar-refractivity contribution in [2.45, 2.75) is 39.2 Å². The van der Waals surface area contributed by atoms with Crippen LogP contribution in [-0.2, 0) is 4.74 Å². The Bertz CT molecular complexity index is 612. The monoisotopic (exact) mass is 331 g/mol. The van der Waals surface area contributed by atoms with E-state index in [1.165, 1.54) is 6.20 Å². The maximum absolute atomic E-state index is 12.0. The minimum Gasteiger partial charge on any atom is -0.444 e. The number of carbonyl (C=O) groups excluding carboxylic acids is 1. The van der Waals surface area contributed by atoms with Crippen LogP contribution in [-0.4, -0.2) is 53.2 Å². The van der Waals surface area contributed by atoms with Gasteiger partial charge in [0.25, 0.3) is 0 Å². The number of hydrogen-bond donors (Lipinski definition) is 0. The fourth-order valence-electron chi connectivity index (χ4n) is 2.77. The third-order valence-corrected chi connectivity index (χ3v) is 3.94. The second-order valence-corrected chi connectivity index (χ2v) is 7.13. The van der Waals surface area contributed by atoms with Gasteiger partial charge in [-0.15, -0.1) is 0 Å². The van der Waals surface area contributed by atoms with E-state index in [0.29, 0.717) is 24.0 Å². The summed E-state index contributed by atoms with van der Waals surface area (Å²) in [6.07, 6.45) is 4.73. The predicted octanol–water partition coefficient (Wildman–Crippen LogP) is 2.43. The molecular formula is C17H25N5O2. The second kappa shape index (κ2) is 7.47. The van der Waals surface area contributed by atoms with Crippen LogP contribution in [0.5, 0.6) is 0 Å². The van der Waals surface area contributed by atoms with Crippen molar-refractivity contribution in [2.24, 2.45) is 5.92 Å². The van der Waals surface area contributed by atoms with E-state index < -0.39 is 5.60 Å². The van der Waals surface area contributed by atoms with Gasteiger partial charge in [-0.05, 0) is 39.5 Å². The number of piperidine rings is 1. The molecule has 0 aromatic carbocycles. The summed E-state index contributed by atoms with van der Waals surface area (Å²) in [6.45, 7) is 7.88. The zero-order chi connectivity index (χ0) is 17.7. The van der Waals surface area contributed by atoms with Crippen LogP contribution in [0.25, 0.3) is 0 Å². The number of rotatable bonds is 3. The lowest BCUT2D eigenvalue weighted by atomic mass is 9.96. The Morgan fingerprint density at radius 2 is 2.00 bits per heavy atom. The fraction of sp³-hybridized carbons (Fsp3) is 0.647. The van der Waals surface area contributed by atoms with E-state index in [4.69, 9.17) is 10.00 Å². The van der Waals surface area contributed by atoms with Gasteiger partial charge >= 0.3 is 6.09 Å². The number of carbonyl (C=O) groups is 1. The maximum Gasteiger partial charge on any atom is 0.410 e.